The van der Waals surface area contributed by atoms with Crippen LogP contribution in [-0.4, -0.2) is 10.9 Å². The summed E-state index contributed by atoms with van der Waals surface area (Å²) >= 11 is 12.9. The Morgan fingerprint density at radius 1 is 1.15 bits per heavy atom. The number of hydrogen-bond donors (Lipinski definition) is 2. The quantitative estimate of drug-likeness (QED) is 0.538. The maximum Gasteiger partial charge on any atom is 0.267 e. The Hall–Kier alpha value is -2.15. The summed E-state index contributed by atoms with van der Waals surface area (Å²) in [4.78, 5) is 17.4. The van der Waals surface area contributed by atoms with E-state index < -0.39 is 5.82 Å². The number of carbonyl (C=O) groups is 1. The molecule has 0 unspecified atom stereocenters. The zero-order valence-electron chi connectivity index (χ0n) is 13.9. The molecule has 0 saturated heterocycles. The third kappa shape index (κ3) is 4.15. The van der Waals surface area contributed by atoms with Crippen molar-refractivity contribution in [3.63, 3.8) is 0 Å². The van der Waals surface area contributed by atoms with Gasteiger partial charge in [0.15, 0.2) is 5.13 Å². The number of carbonyl (C=O) groups excluding carboxylic acids is 1. The van der Waals surface area contributed by atoms with Crippen LogP contribution in [-0.2, 0) is 0 Å². The van der Waals surface area contributed by atoms with Crippen LogP contribution in [0, 0.1) is 19.7 Å². The first-order valence-electron chi connectivity index (χ1n) is 7.60. The zero-order chi connectivity index (χ0) is 18.8. The predicted molar refractivity (Wildman–Crippen MR) is 106 cm³/mol. The number of amides is 1. The SMILES string of the molecule is Cc1cc(Cl)ccc1NC(=O)c1sc(Nc2ccc(F)c(Cl)c2)nc1C. The molecule has 3 aromatic rings. The highest BCUT2D eigenvalue weighted by atomic mass is 35.5. The van der Waals surface area contributed by atoms with Gasteiger partial charge in [-0.15, -0.1) is 0 Å². The van der Waals surface area contributed by atoms with Crippen molar-refractivity contribution in [1.29, 1.82) is 0 Å². The van der Waals surface area contributed by atoms with E-state index in [2.05, 4.69) is 15.6 Å². The van der Waals surface area contributed by atoms with Crippen LogP contribution in [0.2, 0.25) is 10.0 Å². The smallest absolute Gasteiger partial charge is 0.267 e. The van der Waals surface area contributed by atoms with E-state index in [-0.39, 0.29) is 10.9 Å². The molecule has 3 rings (SSSR count). The molecule has 4 nitrogen and oxygen atoms in total. The van der Waals surface area contributed by atoms with Crippen molar-refractivity contribution in [2.24, 2.45) is 0 Å². The number of rotatable bonds is 4. The van der Waals surface area contributed by atoms with E-state index in [1.807, 2.05) is 6.92 Å². The Bertz CT molecular complexity index is 991. The highest BCUT2D eigenvalue weighted by molar-refractivity contribution is 7.17. The van der Waals surface area contributed by atoms with Gasteiger partial charge in [0, 0.05) is 16.4 Å². The molecule has 2 N–H and O–H groups in total. The minimum absolute atomic E-state index is 0.0134. The minimum atomic E-state index is -0.495. The second kappa shape index (κ2) is 7.61. The monoisotopic (exact) mass is 409 g/mol. The first-order valence-corrected chi connectivity index (χ1v) is 9.18. The summed E-state index contributed by atoms with van der Waals surface area (Å²) in [6.45, 7) is 3.62. The average molecular weight is 410 g/mol. The van der Waals surface area contributed by atoms with Crippen molar-refractivity contribution in [1.82, 2.24) is 4.98 Å². The first-order chi connectivity index (χ1) is 12.3. The number of nitrogens with zero attached hydrogens (tertiary/aromatic N) is 1. The van der Waals surface area contributed by atoms with Crippen molar-refractivity contribution >= 4 is 57.0 Å². The lowest BCUT2D eigenvalue weighted by Crippen LogP contribution is -2.12. The molecule has 2 aromatic carbocycles. The fourth-order valence-corrected chi connectivity index (χ4v) is 3.59. The van der Waals surface area contributed by atoms with Crippen LogP contribution in [0.15, 0.2) is 36.4 Å². The standard InChI is InChI=1S/C18H14Cl2FN3OS/c1-9-7-11(19)3-6-15(9)24-17(25)16-10(2)22-18(26-16)23-12-4-5-14(21)13(20)8-12/h3-8H,1-2H3,(H,22,23)(H,24,25). The van der Waals surface area contributed by atoms with Gasteiger partial charge >= 0.3 is 0 Å². The van der Waals surface area contributed by atoms with Gasteiger partial charge in [0.2, 0.25) is 0 Å². The van der Waals surface area contributed by atoms with Gasteiger partial charge in [-0.3, -0.25) is 4.79 Å². The van der Waals surface area contributed by atoms with Crippen LogP contribution < -0.4 is 10.6 Å². The number of thiazole rings is 1. The van der Waals surface area contributed by atoms with Gasteiger partial charge < -0.3 is 10.6 Å². The largest absolute Gasteiger partial charge is 0.331 e. The van der Waals surface area contributed by atoms with E-state index >= 15 is 0 Å². The lowest BCUT2D eigenvalue weighted by atomic mass is 10.2. The highest BCUT2D eigenvalue weighted by Gasteiger charge is 2.16. The van der Waals surface area contributed by atoms with Gasteiger partial charge in [0.25, 0.3) is 5.91 Å². The van der Waals surface area contributed by atoms with Crippen LogP contribution in [0.25, 0.3) is 0 Å². The van der Waals surface area contributed by atoms with Gasteiger partial charge in [-0.25, -0.2) is 9.37 Å². The molecule has 0 saturated carbocycles. The van der Waals surface area contributed by atoms with Gasteiger partial charge in [-0.05, 0) is 55.8 Å². The molecule has 26 heavy (non-hydrogen) atoms. The third-order valence-corrected chi connectivity index (χ3v) is 5.21. The van der Waals surface area contributed by atoms with Gasteiger partial charge in [0.1, 0.15) is 10.7 Å². The number of anilines is 3. The summed E-state index contributed by atoms with van der Waals surface area (Å²) in [6, 6.07) is 9.53. The molecule has 0 radical (unpaired) electrons. The van der Waals surface area contributed by atoms with Crippen molar-refractivity contribution < 1.29 is 9.18 Å². The lowest BCUT2D eigenvalue weighted by Gasteiger charge is -2.07. The molecule has 0 aliphatic carbocycles. The van der Waals surface area contributed by atoms with Crippen molar-refractivity contribution in [3.8, 4) is 0 Å². The van der Waals surface area contributed by atoms with E-state index in [9.17, 15) is 9.18 Å². The summed E-state index contributed by atoms with van der Waals surface area (Å²) < 4.78 is 13.2. The van der Waals surface area contributed by atoms with Crippen LogP contribution in [0.3, 0.4) is 0 Å². The highest BCUT2D eigenvalue weighted by Crippen LogP contribution is 2.29. The molecule has 134 valence electrons. The lowest BCUT2D eigenvalue weighted by molar-refractivity contribution is 0.102. The Labute approximate surface area is 164 Å². The third-order valence-electron chi connectivity index (χ3n) is 3.61. The Morgan fingerprint density at radius 2 is 1.92 bits per heavy atom. The number of benzene rings is 2. The van der Waals surface area contributed by atoms with Crippen molar-refractivity contribution in [3.05, 3.63) is 68.4 Å². The number of aromatic nitrogens is 1. The number of halogens is 3. The van der Waals surface area contributed by atoms with Gasteiger partial charge in [-0.1, -0.05) is 34.5 Å². The van der Waals surface area contributed by atoms with E-state index in [0.717, 1.165) is 5.56 Å². The Balaban J connectivity index is 1.78. The predicted octanol–water partition coefficient (Wildman–Crippen LogP) is 6.20. The Morgan fingerprint density at radius 3 is 2.62 bits per heavy atom. The second-order valence-corrected chi connectivity index (χ2v) is 7.44. The van der Waals surface area contributed by atoms with Crippen LogP contribution >= 0.6 is 34.5 Å². The maximum atomic E-state index is 13.2. The second-order valence-electron chi connectivity index (χ2n) is 5.60. The van der Waals surface area contributed by atoms with Gasteiger partial charge in [0.05, 0.1) is 10.7 Å². The minimum Gasteiger partial charge on any atom is -0.331 e. The fraction of sp³-hybridized carbons (Fsp3) is 0.111. The first kappa shape index (κ1) is 18.6. The van der Waals surface area contributed by atoms with Crippen molar-refractivity contribution in [2.45, 2.75) is 13.8 Å². The zero-order valence-corrected chi connectivity index (χ0v) is 16.2. The molecule has 0 spiro atoms. The average Bonchev–Trinajstić information content (AvgIpc) is 2.94. The molecule has 8 heteroatoms. The Kier molecular flexibility index (Phi) is 5.46. The number of hydrogen-bond acceptors (Lipinski definition) is 4. The molecule has 0 atom stereocenters. The van der Waals surface area contributed by atoms with E-state index in [4.69, 9.17) is 23.2 Å². The fourth-order valence-electron chi connectivity index (χ4n) is 2.30. The number of aryl methyl sites for hydroxylation is 2. The molecular weight excluding hydrogens is 396 g/mol. The summed E-state index contributed by atoms with van der Waals surface area (Å²) in [7, 11) is 0. The van der Waals surface area contributed by atoms with E-state index in [0.29, 0.717) is 32.1 Å². The normalized spacial score (nSPS) is 10.7. The van der Waals surface area contributed by atoms with Crippen molar-refractivity contribution in [2.75, 3.05) is 10.6 Å². The molecule has 0 bridgehead atoms. The van der Waals surface area contributed by atoms with Crippen LogP contribution in [0.5, 0.6) is 0 Å². The maximum absolute atomic E-state index is 13.2. The topological polar surface area (TPSA) is 54.0 Å². The van der Waals surface area contributed by atoms with Crippen LogP contribution in [0.4, 0.5) is 20.9 Å². The molecule has 0 aliphatic heterocycles. The van der Waals surface area contributed by atoms with Crippen LogP contribution in [0.1, 0.15) is 20.9 Å². The molecule has 1 amide bonds. The number of nitrogens with one attached hydrogen (secondary N) is 2. The molecule has 1 aromatic heterocycles. The summed E-state index contributed by atoms with van der Waals surface area (Å²) in [5.41, 5.74) is 2.74. The summed E-state index contributed by atoms with van der Waals surface area (Å²) in [6.07, 6.45) is 0. The van der Waals surface area contributed by atoms with E-state index in [1.54, 1.807) is 31.2 Å². The molecular formula is C18H14Cl2FN3OS. The molecule has 0 aliphatic rings. The van der Waals surface area contributed by atoms with E-state index in [1.165, 1.54) is 23.5 Å². The molecule has 0 fully saturated rings. The summed E-state index contributed by atoms with van der Waals surface area (Å²) in [5, 5.41) is 7.03. The molecule has 1 heterocycles. The summed E-state index contributed by atoms with van der Waals surface area (Å²) in [5.74, 6) is -0.749. The van der Waals surface area contributed by atoms with Gasteiger partial charge in [-0.2, -0.15) is 0 Å².